The van der Waals surface area contributed by atoms with Crippen LogP contribution in [0.5, 0.6) is 0 Å². The molecule has 6 nitrogen and oxygen atoms in total. The number of nitrogens with zero attached hydrogens (tertiary/aromatic N) is 4. The van der Waals surface area contributed by atoms with Crippen LogP contribution in [0.1, 0.15) is 12.8 Å². The Morgan fingerprint density at radius 2 is 2.29 bits per heavy atom. The van der Waals surface area contributed by atoms with Crippen LogP contribution in [0.3, 0.4) is 0 Å². The molecule has 0 aliphatic heterocycles. The molecular formula is C11H16N6. The second kappa shape index (κ2) is 4.29. The van der Waals surface area contributed by atoms with E-state index < -0.39 is 0 Å². The van der Waals surface area contributed by atoms with E-state index in [9.17, 15) is 0 Å². The molecule has 0 aromatic carbocycles. The second-order valence-corrected chi connectivity index (χ2v) is 4.45. The highest BCUT2D eigenvalue weighted by molar-refractivity contribution is 5.82. The average Bonchev–Trinajstić information content (AvgIpc) is 3.04. The zero-order chi connectivity index (χ0) is 11.7. The van der Waals surface area contributed by atoms with Crippen LogP contribution >= 0.6 is 0 Å². The van der Waals surface area contributed by atoms with Crippen molar-refractivity contribution in [3.8, 4) is 0 Å². The number of H-pyrrole nitrogens is 1. The predicted octanol–water partition coefficient (Wildman–Crippen LogP) is 0.541. The molecule has 0 unspecified atom stereocenters. The minimum atomic E-state index is 0.719. The topological polar surface area (TPSA) is 69.7 Å². The Morgan fingerprint density at radius 3 is 3.12 bits per heavy atom. The maximum absolute atomic E-state index is 4.31. The molecular weight excluding hydrogens is 216 g/mol. The van der Waals surface area contributed by atoms with Crippen molar-refractivity contribution in [2.75, 3.05) is 25.0 Å². The molecule has 0 amide bonds. The standard InChI is InChI=1S/C11H16N6/c1-17(5-4-12-8-2-3-8)11-9-10(14-6-13-9)15-7-16-11/h6-8,12H,2-5H2,1H3,(H,13,14,15,16). The molecule has 3 rings (SSSR count). The van der Waals surface area contributed by atoms with Crippen LogP contribution in [-0.2, 0) is 0 Å². The van der Waals surface area contributed by atoms with Gasteiger partial charge in [0.25, 0.3) is 0 Å². The van der Waals surface area contributed by atoms with Crippen LogP contribution < -0.4 is 10.2 Å². The van der Waals surface area contributed by atoms with Crippen molar-refractivity contribution in [2.45, 2.75) is 18.9 Å². The van der Waals surface area contributed by atoms with Crippen molar-refractivity contribution in [1.82, 2.24) is 25.3 Å². The summed E-state index contributed by atoms with van der Waals surface area (Å²) in [5, 5.41) is 3.49. The first kappa shape index (κ1) is 10.5. The smallest absolute Gasteiger partial charge is 0.182 e. The Morgan fingerprint density at radius 1 is 1.41 bits per heavy atom. The van der Waals surface area contributed by atoms with Crippen LogP contribution in [-0.4, -0.2) is 46.1 Å². The molecule has 0 atom stereocenters. The number of rotatable bonds is 5. The summed E-state index contributed by atoms with van der Waals surface area (Å²) in [6.45, 7) is 1.92. The van der Waals surface area contributed by atoms with Crippen molar-refractivity contribution in [3.05, 3.63) is 12.7 Å². The minimum absolute atomic E-state index is 0.719. The van der Waals surface area contributed by atoms with E-state index in [0.29, 0.717) is 0 Å². The number of hydrogen-bond acceptors (Lipinski definition) is 5. The van der Waals surface area contributed by atoms with Crippen molar-refractivity contribution < 1.29 is 0 Å². The maximum atomic E-state index is 4.31. The first-order valence-electron chi connectivity index (χ1n) is 5.93. The zero-order valence-electron chi connectivity index (χ0n) is 9.85. The van der Waals surface area contributed by atoms with Crippen LogP contribution in [0.15, 0.2) is 12.7 Å². The zero-order valence-corrected chi connectivity index (χ0v) is 9.85. The molecule has 2 heterocycles. The third-order valence-corrected chi connectivity index (χ3v) is 3.02. The van der Waals surface area contributed by atoms with E-state index in [0.717, 1.165) is 36.1 Å². The number of imidazole rings is 1. The summed E-state index contributed by atoms with van der Waals surface area (Å²) >= 11 is 0. The van der Waals surface area contributed by atoms with Gasteiger partial charge in [-0.3, -0.25) is 0 Å². The van der Waals surface area contributed by atoms with Crippen LogP contribution in [0.2, 0.25) is 0 Å². The summed E-state index contributed by atoms with van der Waals surface area (Å²) in [6, 6.07) is 0.751. The molecule has 1 aliphatic carbocycles. The largest absolute Gasteiger partial charge is 0.357 e. The fraction of sp³-hybridized carbons (Fsp3) is 0.545. The minimum Gasteiger partial charge on any atom is -0.357 e. The van der Waals surface area contributed by atoms with Gasteiger partial charge in [0.15, 0.2) is 11.5 Å². The first-order chi connectivity index (χ1) is 8.34. The molecule has 90 valence electrons. The Kier molecular flexibility index (Phi) is 2.64. The third kappa shape index (κ3) is 2.21. The highest BCUT2D eigenvalue weighted by Crippen LogP contribution is 2.19. The molecule has 17 heavy (non-hydrogen) atoms. The summed E-state index contributed by atoms with van der Waals surface area (Å²) in [4.78, 5) is 17.8. The Hall–Kier alpha value is -1.69. The summed E-state index contributed by atoms with van der Waals surface area (Å²) in [7, 11) is 2.04. The lowest BCUT2D eigenvalue weighted by Gasteiger charge is -2.18. The lowest BCUT2D eigenvalue weighted by molar-refractivity contribution is 0.673. The molecule has 0 spiro atoms. The monoisotopic (exact) mass is 232 g/mol. The van der Waals surface area contributed by atoms with Gasteiger partial charge in [-0.15, -0.1) is 0 Å². The Labute approximate surface area is 99.5 Å². The Balaban J connectivity index is 1.70. The first-order valence-corrected chi connectivity index (χ1v) is 5.93. The fourth-order valence-electron chi connectivity index (χ4n) is 1.87. The van der Waals surface area contributed by atoms with Crippen molar-refractivity contribution in [2.24, 2.45) is 0 Å². The maximum Gasteiger partial charge on any atom is 0.182 e. The lowest BCUT2D eigenvalue weighted by Crippen LogP contribution is -2.30. The molecule has 2 N–H and O–H groups in total. The normalized spacial score (nSPS) is 15.4. The average molecular weight is 232 g/mol. The van der Waals surface area contributed by atoms with E-state index in [1.807, 2.05) is 7.05 Å². The predicted molar refractivity (Wildman–Crippen MR) is 66.0 cm³/mol. The van der Waals surface area contributed by atoms with E-state index in [1.165, 1.54) is 12.8 Å². The van der Waals surface area contributed by atoms with E-state index >= 15 is 0 Å². The molecule has 0 radical (unpaired) electrons. The molecule has 2 aromatic rings. The number of aromatic amines is 1. The van der Waals surface area contributed by atoms with Gasteiger partial charge in [0.2, 0.25) is 0 Å². The summed E-state index contributed by atoms with van der Waals surface area (Å²) < 4.78 is 0. The van der Waals surface area contributed by atoms with Gasteiger partial charge in [0, 0.05) is 26.2 Å². The van der Waals surface area contributed by atoms with E-state index in [2.05, 4.69) is 30.2 Å². The number of fused-ring (bicyclic) bond motifs is 1. The molecule has 0 saturated heterocycles. The third-order valence-electron chi connectivity index (χ3n) is 3.02. The fourth-order valence-corrected chi connectivity index (χ4v) is 1.87. The van der Waals surface area contributed by atoms with E-state index in [4.69, 9.17) is 0 Å². The second-order valence-electron chi connectivity index (χ2n) is 4.45. The molecule has 1 saturated carbocycles. The van der Waals surface area contributed by atoms with Crippen molar-refractivity contribution in [3.63, 3.8) is 0 Å². The van der Waals surface area contributed by atoms with Crippen LogP contribution in [0, 0.1) is 0 Å². The number of aromatic nitrogens is 4. The SMILES string of the molecule is CN(CCNC1CC1)c1ncnc2nc[nH]c12. The van der Waals surface area contributed by atoms with Crippen LogP contribution in [0.25, 0.3) is 11.2 Å². The van der Waals surface area contributed by atoms with E-state index in [1.54, 1.807) is 12.7 Å². The van der Waals surface area contributed by atoms with Gasteiger partial charge in [-0.1, -0.05) is 0 Å². The molecule has 2 aromatic heterocycles. The number of hydrogen-bond donors (Lipinski definition) is 2. The summed E-state index contributed by atoms with van der Waals surface area (Å²) in [5.41, 5.74) is 1.62. The Bertz CT molecular complexity index is 503. The van der Waals surface area contributed by atoms with Gasteiger partial charge in [-0.25, -0.2) is 15.0 Å². The van der Waals surface area contributed by atoms with Crippen molar-refractivity contribution >= 4 is 17.0 Å². The molecule has 1 aliphatic rings. The van der Waals surface area contributed by atoms with Gasteiger partial charge in [-0.2, -0.15) is 0 Å². The van der Waals surface area contributed by atoms with Gasteiger partial charge in [-0.05, 0) is 12.8 Å². The molecule has 1 fully saturated rings. The quantitative estimate of drug-likeness (QED) is 0.787. The summed E-state index contributed by atoms with van der Waals surface area (Å²) in [6.07, 6.45) is 5.85. The number of anilines is 1. The van der Waals surface area contributed by atoms with Gasteiger partial charge in [0.1, 0.15) is 11.8 Å². The number of nitrogens with one attached hydrogen (secondary N) is 2. The summed E-state index contributed by atoms with van der Waals surface area (Å²) in [5.74, 6) is 0.907. The molecule has 6 heteroatoms. The van der Waals surface area contributed by atoms with Crippen molar-refractivity contribution in [1.29, 1.82) is 0 Å². The molecule has 0 bridgehead atoms. The highest BCUT2D eigenvalue weighted by atomic mass is 15.2. The van der Waals surface area contributed by atoms with Gasteiger partial charge in [0.05, 0.1) is 6.33 Å². The van der Waals surface area contributed by atoms with Gasteiger partial charge >= 0.3 is 0 Å². The van der Waals surface area contributed by atoms with E-state index in [-0.39, 0.29) is 0 Å². The van der Waals surface area contributed by atoms with Gasteiger partial charge < -0.3 is 15.2 Å². The van der Waals surface area contributed by atoms with Crippen LogP contribution in [0.4, 0.5) is 5.82 Å². The lowest BCUT2D eigenvalue weighted by atomic mass is 10.4. The number of likely N-dealkylation sites (N-methyl/N-ethyl adjacent to an activating group) is 1. The highest BCUT2D eigenvalue weighted by Gasteiger charge is 2.20.